The lowest BCUT2D eigenvalue weighted by Gasteiger charge is -2.42. The van der Waals surface area contributed by atoms with Crippen LogP contribution in [0.15, 0.2) is 103 Å². The molecule has 41 heavy (non-hydrogen) atoms. The quantitative estimate of drug-likeness (QED) is 0.149. The monoisotopic (exact) mass is 587 g/mol. The summed E-state index contributed by atoms with van der Waals surface area (Å²) in [5.41, 5.74) is 4.79. The standard InChI is InChI=1S/C36H41F2NP2/c1-3-5-14-28-21-23-30(24-22-28)34-26-25-33(29-15-8-7-9-16-29)40(34)39(27-6-4-2)41(35-19-12-10-17-31(35)37)36-20-13-11-18-32(36)38/h7-13,15-24,33-34H,3-6,14,25-27H2,1-2H3/t33-,34-,40?/m0/s1. The predicted octanol–water partition coefficient (Wildman–Crippen LogP) is 10.4. The molecule has 0 amide bonds. The van der Waals surface area contributed by atoms with Gasteiger partial charge in [0.25, 0.3) is 0 Å². The van der Waals surface area contributed by atoms with E-state index in [1.54, 1.807) is 12.1 Å². The van der Waals surface area contributed by atoms with Gasteiger partial charge in [-0.05, 0) is 81.1 Å². The van der Waals surface area contributed by atoms with Gasteiger partial charge in [0.15, 0.2) is 0 Å². The highest BCUT2D eigenvalue weighted by Gasteiger charge is 2.44. The van der Waals surface area contributed by atoms with Crippen molar-refractivity contribution in [3.8, 4) is 0 Å². The molecule has 0 spiro atoms. The summed E-state index contributed by atoms with van der Waals surface area (Å²) in [4.78, 5) is 0. The van der Waals surface area contributed by atoms with Crippen molar-refractivity contribution in [1.29, 1.82) is 0 Å². The topological polar surface area (TPSA) is 3.24 Å². The van der Waals surface area contributed by atoms with Crippen molar-refractivity contribution in [1.82, 2.24) is 4.44 Å². The third kappa shape index (κ3) is 6.97. The maximum Gasteiger partial charge on any atom is 0.132 e. The molecule has 1 nitrogen and oxygen atoms in total. The fourth-order valence-corrected chi connectivity index (χ4v) is 13.5. The van der Waals surface area contributed by atoms with Crippen LogP contribution in [0.4, 0.5) is 8.78 Å². The first-order chi connectivity index (χ1) is 20.1. The van der Waals surface area contributed by atoms with Gasteiger partial charge < -0.3 is 0 Å². The lowest BCUT2D eigenvalue weighted by atomic mass is 10.0. The molecule has 4 aromatic carbocycles. The third-order valence-electron chi connectivity index (χ3n) is 8.09. The maximum absolute atomic E-state index is 15.7. The summed E-state index contributed by atoms with van der Waals surface area (Å²) < 4.78 is 34.0. The van der Waals surface area contributed by atoms with E-state index in [0.717, 1.165) is 38.6 Å². The van der Waals surface area contributed by atoms with Gasteiger partial charge in [0.2, 0.25) is 0 Å². The third-order valence-corrected chi connectivity index (χ3v) is 14.7. The van der Waals surface area contributed by atoms with E-state index in [1.807, 2.05) is 24.3 Å². The van der Waals surface area contributed by atoms with Crippen LogP contribution in [0.25, 0.3) is 0 Å². The van der Waals surface area contributed by atoms with Gasteiger partial charge in [-0.15, -0.1) is 0 Å². The Labute approximate surface area is 247 Å². The molecule has 3 atom stereocenters. The summed E-state index contributed by atoms with van der Waals surface area (Å²) in [6.07, 6.45) is 7.69. The first kappa shape index (κ1) is 30.0. The van der Waals surface area contributed by atoms with Crippen molar-refractivity contribution >= 4 is 26.8 Å². The van der Waals surface area contributed by atoms with E-state index in [2.05, 4.69) is 72.9 Å². The van der Waals surface area contributed by atoms with Gasteiger partial charge in [-0.25, -0.2) is 8.78 Å². The van der Waals surface area contributed by atoms with Gasteiger partial charge in [-0.2, -0.15) is 0 Å². The van der Waals surface area contributed by atoms with Crippen molar-refractivity contribution in [2.75, 3.05) is 6.54 Å². The van der Waals surface area contributed by atoms with Crippen LogP contribution in [0, 0.1) is 11.6 Å². The molecular formula is C36H41F2NP2. The van der Waals surface area contributed by atoms with E-state index in [1.165, 1.54) is 41.7 Å². The minimum absolute atomic E-state index is 0.245. The number of aryl methyl sites for hydroxylation is 1. The van der Waals surface area contributed by atoms with Crippen molar-refractivity contribution in [2.45, 2.75) is 70.1 Å². The summed E-state index contributed by atoms with van der Waals surface area (Å²) in [5.74, 6) is -0.490. The molecular weight excluding hydrogens is 546 g/mol. The molecule has 214 valence electrons. The average molecular weight is 588 g/mol. The van der Waals surface area contributed by atoms with Gasteiger partial charge in [0.05, 0.1) is 0 Å². The molecule has 1 aliphatic rings. The molecule has 0 saturated carbocycles. The van der Waals surface area contributed by atoms with Crippen LogP contribution < -0.4 is 10.6 Å². The summed E-state index contributed by atoms with van der Waals surface area (Å²) >= 11 is 0. The fraction of sp³-hybridized carbons (Fsp3) is 0.333. The van der Waals surface area contributed by atoms with Crippen molar-refractivity contribution < 1.29 is 8.78 Å². The number of rotatable bonds is 12. The highest BCUT2D eigenvalue weighted by Crippen LogP contribution is 2.76. The van der Waals surface area contributed by atoms with E-state index < -0.39 is 16.1 Å². The zero-order valence-electron chi connectivity index (χ0n) is 24.2. The van der Waals surface area contributed by atoms with Crippen molar-refractivity contribution in [3.05, 3.63) is 131 Å². The predicted molar refractivity (Wildman–Crippen MR) is 174 cm³/mol. The van der Waals surface area contributed by atoms with Gasteiger partial charge in [-0.3, -0.25) is 4.44 Å². The Morgan fingerprint density at radius 3 is 1.71 bits per heavy atom. The van der Waals surface area contributed by atoms with E-state index in [4.69, 9.17) is 0 Å². The lowest BCUT2D eigenvalue weighted by Crippen LogP contribution is -2.30. The second-order valence-corrected chi connectivity index (χ2v) is 15.8. The van der Waals surface area contributed by atoms with E-state index in [-0.39, 0.29) is 11.6 Å². The summed E-state index contributed by atoms with van der Waals surface area (Å²) in [5, 5.41) is 1.25. The number of hydrogen-bond donors (Lipinski definition) is 0. The zero-order chi connectivity index (χ0) is 28.6. The Kier molecular flexibility index (Phi) is 10.7. The Hall–Kier alpha value is -2.44. The van der Waals surface area contributed by atoms with Crippen LogP contribution in [-0.2, 0) is 6.42 Å². The number of nitrogens with zero attached hydrogens (tertiary/aromatic N) is 1. The molecule has 5 rings (SSSR count). The average Bonchev–Trinajstić information content (AvgIpc) is 3.45. The van der Waals surface area contributed by atoms with Gasteiger partial charge in [0.1, 0.15) is 11.6 Å². The summed E-state index contributed by atoms with van der Waals surface area (Å²) in [6.45, 7) is 5.26. The molecule has 1 heterocycles. The van der Waals surface area contributed by atoms with Crippen LogP contribution in [-0.4, -0.2) is 11.0 Å². The van der Waals surface area contributed by atoms with E-state index >= 15 is 8.78 Å². The van der Waals surface area contributed by atoms with E-state index in [9.17, 15) is 0 Å². The second-order valence-electron chi connectivity index (χ2n) is 10.9. The van der Waals surface area contributed by atoms with Gasteiger partial charge >= 0.3 is 0 Å². The molecule has 5 heteroatoms. The van der Waals surface area contributed by atoms with Crippen LogP contribution in [0.2, 0.25) is 0 Å². The maximum atomic E-state index is 15.7. The highest BCUT2D eigenvalue weighted by molar-refractivity contribution is 7.79. The molecule has 0 aliphatic carbocycles. The Balaban J connectivity index is 1.66. The second kappa shape index (κ2) is 14.6. The number of hydrogen-bond acceptors (Lipinski definition) is 1. The molecule has 1 aliphatic heterocycles. The fourth-order valence-electron chi connectivity index (χ4n) is 5.96. The molecule has 4 aromatic rings. The molecule has 0 bridgehead atoms. The highest BCUT2D eigenvalue weighted by atomic mass is 31.2. The van der Waals surface area contributed by atoms with Crippen LogP contribution >= 0.6 is 16.1 Å². The van der Waals surface area contributed by atoms with Crippen LogP contribution in [0.5, 0.6) is 0 Å². The first-order valence-corrected chi connectivity index (χ1v) is 17.8. The van der Waals surface area contributed by atoms with Crippen LogP contribution in [0.1, 0.15) is 80.4 Å². The first-order valence-electron chi connectivity index (χ1n) is 15.1. The smallest absolute Gasteiger partial charge is 0.132 e. The molecule has 0 aromatic heterocycles. The summed E-state index contributed by atoms with van der Waals surface area (Å²) in [6, 6.07) is 34.2. The SMILES string of the molecule is CCCCc1ccc([C@@H]2CC[C@@H](c3ccccc3)P2N(CCCC)P(c2ccccc2F)c2ccccc2F)cc1. The van der Waals surface area contributed by atoms with E-state index in [0.29, 0.717) is 21.9 Å². The number of unbranched alkanes of at least 4 members (excludes halogenated alkanes) is 2. The lowest BCUT2D eigenvalue weighted by molar-refractivity contribution is 0.617. The number of halogens is 2. The van der Waals surface area contributed by atoms with Crippen molar-refractivity contribution in [3.63, 3.8) is 0 Å². The Bertz CT molecular complexity index is 1330. The zero-order valence-corrected chi connectivity index (χ0v) is 26.0. The molecule has 0 radical (unpaired) electrons. The van der Waals surface area contributed by atoms with Gasteiger partial charge in [-0.1, -0.05) is 106 Å². The van der Waals surface area contributed by atoms with Crippen molar-refractivity contribution in [2.24, 2.45) is 0 Å². The molecule has 0 N–H and O–H groups in total. The minimum Gasteiger partial charge on any atom is -0.251 e. The minimum atomic E-state index is -1.41. The number of benzene rings is 4. The normalized spacial score (nSPS) is 18.8. The summed E-state index contributed by atoms with van der Waals surface area (Å²) in [7, 11) is -2.22. The molecule has 1 fully saturated rings. The Morgan fingerprint density at radius 1 is 0.659 bits per heavy atom. The van der Waals surface area contributed by atoms with Crippen LogP contribution in [0.3, 0.4) is 0 Å². The Morgan fingerprint density at radius 2 is 1.17 bits per heavy atom. The molecule has 1 saturated heterocycles. The largest absolute Gasteiger partial charge is 0.251 e. The molecule has 1 unspecified atom stereocenters. The van der Waals surface area contributed by atoms with Gasteiger partial charge in [0, 0.05) is 36.5 Å².